The fraction of sp³-hybridized carbons (Fsp3) is 0.632. The maximum atomic E-state index is 13.3. The van der Waals surface area contributed by atoms with Crippen molar-refractivity contribution in [1.29, 1.82) is 0 Å². The molecule has 26 heavy (non-hydrogen) atoms. The molecule has 0 saturated heterocycles. The van der Waals surface area contributed by atoms with Crippen molar-refractivity contribution in [2.24, 2.45) is 0 Å². The number of hydrogen-bond donors (Lipinski definition) is 0. The Morgan fingerprint density at radius 3 is 2.73 bits per heavy atom. The average Bonchev–Trinajstić information content (AvgIpc) is 3.21. The number of rotatable bonds is 6. The van der Waals surface area contributed by atoms with E-state index in [9.17, 15) is 9.59 Å². The molecule has 1 fully saturated rings. The molecule has 2 aromatic rings. The Labute approximate surface area is 162 Å². The van der Waals surface area contributed by atoms with Gasteiger partial charge in [0.1, 0.15) is 10.1 Å². The van der Waals surface area contributed by atoms with Crippen molar-refractivity contribution in [3.05, 3.63) is 20.8 Å². The Kier molecular flexibility index (Phi) is 6.07. The number of fused-ring (bicyclic) bond motifs is 1. The van der Waals surface area contributed by atoms with Crippen molar-refractivity contribution < 1.29 is 9.53 Å². The number of ether oxygens (including phenoxy) is 1. The zero-order chi connectivity index (χ0) is 18.8. The van der Waals surface area contributed by atoms with Crippen LogP contribution in [-0.2, 0) is 9.53 Å². The summed E-state index contributed by atoms with van der Waals surface area (Å²) in [4.78, 5) is 32.2. The van der Waals surface area contributed by atoms with E-state index in [0.29, 0.717) is 11.8 Å². The lowest BCUT2D eigenvalue weighted by Crippen LogP contribution is -2.28. The first-order valence-corrected chi connectivity index (χ1v) is 11.0. The topological polar surface area (TPSA) is 61.2 Å². The molecule has 0 radical (unpaired) electrons. The lowest BCUT2D eigenvalue weighted by atomic mass is 10.2. The number of aromatic nitrogens is 2. The van der Waals surface area contributed by atoms with E-state index in [1.807, 2.05) is 32.3 Å². The van der Waals surface area contributed by atoms with Gasteiger partial charge < -0.3 is 4.74 Å². The van der Waals surface area contributed by atoms with E-state index in [0.717, 1.165) is 52.8 Å². The van der Waals surface area contributed by atoms with Gasteiger partial charge in [-0.3, -0.25) is 14.2 Å². The predicted octanol–water partition coefficient (Wildman–Crippen LogP) is 4.62. The molecule has 0 aliphatic heterocycles. The standard InChI is InChI=1S/C19H26N2O3S2/c1-5-10-24-18(23)13(4)26-19-20-16-15(11(2)12(3)25-16)17(22)21(19)14-8-6-7-9-14/h13-14H,5-10H2,1-4H3. The van der Waals surface area contributed by atoms with Crippen molar-refractivity contribution in [3.8, 4) is 0 Å². The molecule has 0 spiro atoms. The molecule has 1 aliphatic rings. The fourth-order valence-electron chi connectivity index (χ4n) is 3.38. The Morgan fingerprint density at radius 2 is 2.08 bits per heavy atom. The third-order valence-corrected chi connectivity index (χ3v) is 7.10. The monoisotopic (exact) mass is 394 g/mol. The summed E-state index contributed by atoms with van der Waals surface area (Å²) in [5, 5.41) is 1.00. The van der Waals surface area contributed by atoms with Crippen LogP contribution >= 0.6 is 23.1 Å². The molecule has 0 amide bonds. The number of hydrogen-bond acceptors (Lipinski definition) is 6. The number of carbonyl (C=O) groups is 1. The van der Waals surface area contributed by atoms with Crippen LogP contribution in [0.4, 0.5) is 0 Å². The van der Waals surface area contributed by atoms with E-state index >= 15 is 0 Å². The van der Waals surface area contributed by atoms with E-state index < -0.39 is 0 Å². The van der Waals surface area contributed by atoms with Gasteiger partial charge in [0.15, 0.2) is 5.16 Å². The maximum absolute atomic E-state index is 13.3. The highest BCUT2D eigenvalue weighted by Crippen LogP contribution is 2.35. The van der Waals surface area contributed by atoms with Crippen LogP contribution in [0.2, 0.25) is 0 Å². The second-order valence-electron chi connectivity index (χ2n) is 6.90. The molecule has 3 rings (SSSR count). The van der Waals surface area contributed by atoms with Crippen molar-refractivity contribution in [2.75, 3.05) is 6.61 Å². The minimum Gasteiger partial charge on any atom is -0.465 e. The first-order valence-electron chi connectivity index (χ1n) is 9.29. The van der Waals surface area contributed by atoms with Gasteiger partial charge in [-0.25, -0.2) is 4.98 Å². The molecule has 5 nitrogen and oxygen atoms in total. The van der Waals surface area contributed by atoms with Crippen LogP contribution in [0.25, 0.3) is 10.2 Å². The Balaban J connectivity index is 2.03. The second kappa shape index (κ2) is 8.13. The van der Waals surface area contributed by atoms with Gasteiger partial charge in [0.2, 0.25) is 0 Å². The summed E-state index contributed by atoms with van der Waals surface area (Å²) in [6, 6.07) is 0.181. The van der Waals surface area contributed by atoms with Gasteiger partial charge in [-0.2, -0.15) is 0 Å². The van der Waals surface area contributed by atoms with Gasteiger partial charge in [0, 0.05) is 10.9 Å². The van der Waals surface area contributed by atoms with Gasteiger partial charge in [-0.1, -0.05) is 31.5 Å². The zero-order valence-electron chi connectivity index (χ0n) is 15.8. The zero-order valence-corrected chi connectivity index (χ0v) is 17.5. The summed E-state index contributed by atoms with van der Waals surface area (Å²) in [7, 11) is 0. The van der Waals surface area contributed by atoms with Crippen molar-refractivity contribution in [3.63, 3.8) is 0 Å². The van der Waals surface area contributed by atoms with Crippen LogP contribution < -0.4 is 5.56 Å². The molecular weight excluding hydrogens is 368 g/mol. The first-order chi connectivity index (χ1) is 12.4. The normalized spacial score (nSPS) is 16.3. The third kappa shape index (κ3) is 3.69. The SMILES string of the molecule is CCCOC(=O)C(C)Sc1nc2sc(C)c(C)c2c(=O)n1C1CCCC1. The Hall–Kier alpha value is -1.34. The van der Waals surface area contributed by atoms with E-state index in [4.69, 9.17) is 9.72 Å². The number of carbonyl (C=O) groups excluding carboxylic acids is 1. The molecule has 1 aliphatic carbocycles. The van der Waals surface area contributed by atoms with E-state index in [1.165, 1.54) is 11.8 Å². The number of nitrogens with zero attached hydrogens (tertiary/aromatic N) is 2. The summed E-state index contributed by atoms with van der Waals surface area (Å²) in [5.41, 5.74) is 1.07. The highest BCUT2D eigenvalue weighted by Gasteiger charge is 2.27. The second-order valence-corrected chi connectivity index (χ2v) is 9.41. The average molecular weight is 395 g/mol. The highest BCUT2D eigenvalue weighted by molar-refractivity contribution is 8.00. The number of esters is 1. The molecule has 2 heterocycles. The summed E-state index contributed by atoms with van der Waals surface area (Å²) < 4.78 is 7.11. The summed E-state index contributed by atoms with van der Waals surface area (Å²) in [6.45, 7) is 8.24. The van der Waals surface area contributed by atoms with Crippen molar-refractivity contribution in [1.82, 2.24) is 9.55 Å². The summed E-state index contributed by atoms with van der Waals surface area (Å²) in [5.74, 6) is -0.247. The Morgan fingerprint density at radius 1 is 1.38 bits per heavy atom. The molecule has 0 bridgehead atoms. The smallest absolute Gasteiger partial charge is 0.319 e. The van der Waals surface area contributed by atoms with Crippen LogP contribution in [-0.4, -0.2) is 27.4 Å². The van der Waals surface area contributed by atoms with Crippen LogP contribution in [0.1, 0.15) is 62.4 Å². The lowest BCUT2D eigenvalue weighted by Gasteiger charge is -2.19. The lowest BCUT2D eigenvalue weighted by molar-refractivity contribution is -0.142. The molecule has 1 saturated carbocycles. The van der Waals surface area contributed by atoms with Crippen molar-refractivity contribution >= 4 is 39.3 Å². The molecule has 7 heteroatoms. The van der Waals surface area contributed by atoms with Crippen molar-refractivity contribution in [2.45, 2.75) is 76.2 Å². The molecule has 142 valence electrons. The molecule has 0 N–H and O–H groups in total. The van der Waals surface area contributed by atoms with Crippen LogP contribution in [0.15, 0.2) is 9.95 Å². The van der Waals surface area contributed by atoms with E-state index in [1.54, 1.807) is 11.3 Å². The Bertz CT molecular complexity index is 866. The largest absolute Gasteiger partial charge is 0.465 e. The molecule has 1 atom stereocenters. The minimum absolute atomic E-state index is 0.0420. The summed E-state index contributed by atoms with van der Waals surface area (Å²) in [6.07, 6.45) is 5.06. The quantitative estimate of drug-likeness (QED) is 0.406. The van der Waals surface area contributed by atoms with Crippen LogP contribution in [0.5, 0.6) is 0 Å². The maximum Gasteiger partial charge on any atom is 0.319 e. The number of thioether (sulfide) groups is 1. The van der Waals surface area contributed by atoms with Crippen LogP contribution in [0, 0.1) is 13.8 Å². The highest BCUT2D eigenvalue weighted by atomic mass is 32.2. The molecule has 2 aromatic heterocycles. The summed E-state index contributed by atoms with van der Waals surface area (Å²) >= 11 is 2.90. The molecular formula is C19H26N2O3S2. The minimum atomic E-state index is -0.388. The first kappa shape index (κ1) is 19.4. The van der Waals surface area contributed by atoms with Gasteiger partial charge in [0.25, 0.3) is 5.56 Å². The van der Waals surface area contributed by atoms with E-state index in [-0.39, 0.29) is 22.8 Å². The third-order valence-electron chi connectivity index (χ3n) is 4.96. The van der Waals surface area contributed by atoms with Gasteiger partial charge in [-0.15, -0.1) is 11.3 Å². The fourth-order valence-corrected chi connectivity index (χ4v) is 5.43. The van der Waals surface area contributed by atoms with E-state index in [2.05, 4.69) is 0 Å². The number of aryl methyl sites for hydroxylation is 2. The number of thiophene rings is 1. The van der Waals surface area contributed by atoms with Gasteiger partial charge in [-0.05, 0) is 45.6 Å². The molecule has 1 unspecified atom stereocenters. The molecule has 0 aromatic carbocycles. The van der Waals surface area contributed by atoms with Gasteiger partial charge in [0.05, 0.1) is 12.0 Å². The predicted molar refractivity (Wildman–Crippen MR) is 107 cm³/mol. The van der Waals surface area contributed by atoms with Crippen LogP contribution in [0.3, 0.4) is 0 Å². The van der Waals surface area contributed by atoms with Gasteiger partial charge >= 0.3 is 5.97 Å².